The molecular formula is C12H18F3N3O. The molecule has 0 saturated heterocycles. The van der Waals surface area contributed by atoms with Crippen LogP contribution in [0.25, 0.3) is 0 Å². The third kappa shape index (κ3) is 3.73. The second-order valence-corrected chi connectivity index (χ2v) is 4.22. The molecule has 0 aliphatic rings. The van der Waals surface area contributed by atoms with E-state index in [0.29, 0.717) is 18.8 Å². The van der Waals surface area contributed by atoms with Crippen molar-refractivity contribution in [2.75, 3.05) is 30.9 Å². The lowest BCUT2D eigenvalue weighted by atomic mass is 10.2. The SMILES string of the molecule is CCN(c1cc(C(F)(F)F)ncc1N)C(C)COC. The second-order valence-electron chi connectivity index (χ2n) is 4.22. The van der Waals surface area contributed by atoms with Crippen LogP contribution >= 0.6 is 0 Å². The molecular weight excluding hydrogens is 259 g/mol. The number of anilines is 2. The van der Waals surface area contributed by atoms with E-state index >= 15 is 0 Å². The molecule has 19 heavy (non-hydrogen) atoms. The molecule has 1 heterocycles. The topological polar surface area (TPSA) is 51.4 Å². The summed E-state index contributed by atoms with van der Waals surface area (Å²) < 4.78 is 43.0. The highest BCUT2D eigenvalue weighted by Crippen LogP contribution is 2.33. The fourth-order valence-electron chi connectivity index (χ4n) is 1.91. The van der Waals surface area contributed by atoms with Crippen molar-refractivity contribution >= 4 is 11.4 Å². The number of halogens is 3. The Hall–Kier alpha value is -1.50. The summed E-state index contributed by atoms with van der Waals surface area (Å²) >= 11 is 0. The van der Waals surface area contributed by atoms with Crippen LogP contribution in [-0.2, 0) is 10.9 Å². The lowest BCUT2D eigenvalue weighted by molar-refractivity contribution is -0.141. The predicted molar refractivity (Wildman–Crippen MR) is 68.0 cm³/mol. The van der Waals surface area contributed by atoms with E-state index in [1.807, 2.05) is 13.8 Å². The van der Waals surface area contributed by atoms with Crippen molar-refractivity contribution < 1.29 is 17.9 Å². The Morgan fingerprint density at radius 3 is 2.58 bits per heavy atom. The normalized spacial score (nSPS) is 13.4. The van der Waals surface area contributed by atoms with E-state index < -0.39 is 11.9 Å². The van der Waals surface area contributed by atoms with Gasteiger partial charge in [-0.2, -0.15) is 13.2 Å². The highest BCUT2D eigenvalue weighted by atomic mass is 19.4. The first-order chi connectivity index (χ1) is 8.81. The van der Waals surface area contributed by atoms with Crippen LogP contribution in [0.15, 0.2) is 12.3 Å². The summed E-state index contributed by atoms with van der Waals surface area (Å²) in [5.41, 5.74) is 5.33. The number of nitrogens with zero attached hydrogens (tertiary/aromatic N) is 2. The van der Waals surface area contributed by atoms with Crippen molar-refractivity contribution in [3.05, 3.63) is 18.0 Å². The van der Waals surface area contributed by atoms with Crippen molar-refractivity contribution in [3.8, 4) is 0 Å². The quantitative estimate of drug-likeness (QED) is 0.898. The number of pyridine rings is 1. The number of alkyl halides is 3. The molecule has 0 amide bonds. The zero-order chi connectivity index (χ0) is 14.6. The molecule has 2 N–H and O–H groups in total. The molecule has 0 aromatic carbocycles. The van der Waals surface area contributed by atoms with E-state index in [4.69, 9.17) is 10.5 Å². The first kappa shape index (κ1) is 15.6. The highest BCUT2D eigenvalue weighted by molar-refractivity contribution is 5.67. The number of rotatable bonds is 5. The van der Waals surface area contributed by atoms with E-state index in [-0.39, 0.29) is 11.7 Å². The van der Waals surface area contributed by atoms with Gasteiger partial charge in [0.05, 0.1) is 24.2 Å². The van der Waals surface area contributed by atoms with Gasteiger partial charge in [-0.25, -0.2) is 4.98 Å². The van der Waals surface area contributed by atoms with Crippen LogP contribution in [0.3, 0.4) is 0 Å². The van der Waals surface area contributed by atoms with Crippen LogP contribution in [0.4, 0.5) is 24.5 Å². The highest BCUT2D eigenvalue weighted by Gasteiger charge is 2.33. The van der Waals surface area contributed by atoms with Gasteiger partial charge >= 0.3 is 6.18 Å². The second kappa shape index (κ2) is 6.10. The maximum absolute atomic E-state index is 12.7. The van der Waals surface area contributed by atoms with Gasteiger partial charge in [-0.1, -0.05) is 0 Å². The number of aromatic nitrogens is 1. The third-order valence-electron chi connectivity index (χ3n) is 2.79. The van der Waals surface area contributed by atoms with Gasteiger partial charge in [0, 0.05) is 19.7 Å². The lowest BCUT2D eigenvalue weighted by Crippen LogP contribution is -2.36. The van der Waals surface area contributed by atoms with Crippen molar-refractivity contribution in [2.24, 2.45) is 0 Å². The molecule has 0 aliphatic heterocycles. The van der Waals surface area contributed by atoms with E-state index in [9.17, 15) is 13.2 Å². The smallest absolute Gasteiger partial charge is 0.396 e. The van der Waals surface area contributed by atoms with Crippen molar-refractivity contribution in [3.63, 3.8) is 0 Å². The fraction of sp³-hybridized carbons (Fsp3) is 0.583. The minimum atomic E-state index is -4.48. The van der Waals surface area contributed by atoms with Gasteiger partial charge in [0.15, 0.2) is 0 Å². The summed E-state index contributed by atoms with van der Waals surface area (Å²) in [4.78, 5) is 5.08. The first-order valence-corrected chi connectivity index (χ1v) is 5.89. The number of hydrogen-bond acceptors (Lipinski definition) is 4. The van der Waals surface area contributed by atoms with E-state index in [1.54, 1.807) is 12.0 Å². The molecule has 0 spiro atoms. The monoisotopic (exact) mass is 277 g/mol. The fourth-order valence-corrected chi connectivity index (χ4v) is 1.91. The van der Waals surface area contributed by atoms with Gasteiger partial charge in [0.2, 0.25) is 0 Å². The summed E-state index contributed by atoms with van der Waals surface area (Å²) in [6.07, 6.45) is -3.44. The van der Waals surface area contributed by atoms with Crippen molar-refractivity contribution in [1.29, 1.82) is 0 Å². The van der Waals surface area contributed by atoms with Crippen LogP contribution < -0.4 is 10.6 Å². The number of nitrogens with two attached hydrogens (primary N) is 1. The summed E-state index contributed by atoms with van der Waals surface area (Å²) in [5.74, 6) is 0. The number of nitrogen functional groups attached to an aromatic ring is 1. The van der Waals surface area contributed by atoms with Crippen LogP contribution in [0, 0.1) is 0 Å². The average molecular weight is 277 g/mol. The number of methoxy groups -OCH3 is 1. The third-order valence-corrected chi connectivity index (χ3v) is 2.79. The molecule has 7 heteroatoms. The summed E-state index contributed by atoms with van der Waals surface area (Å²) in [6, 6.07) is 0.895. The lowest BCUT2D eigenvalue weighted by Gasteiger charge is -2.31. The molecule has 1 atom stereocenters. The number of hydrogen-bond donors (Lipinski definition) is 1. The van der Waals surface area contributed by atoms with Gasteiger partial charge in [-0.15, -0.1) is 0 Å². The van der Waals surface area contributed by atoms with Crippen LogP contribution in [0.1, 0.15) is 19.5 Å². The van der Waals surface area contributed by atoms with Crippen LogP contribution in [0.5, 0.6) is 0 Å². The zero-order valence-corrected chi connectivity index (χ0v) is 11.2. The number of ether oxygens (including phenoxy) is 1. The van der Waals surface area contributed by atoms with Gasteiger partial charge in [0.25, 0.3) is 0 Å². The van der Waals surface area contributed by atoms with Crippen LogP contribution in [0.2, 0.25) is 0 Å². The molecule has 0 fully saturated rings. The Bertz CT molecular complexity index is 423. The number of likely N-dealkylation sites (N-methyl/N-ethyl adjacent to an activating group) is 1. The summed E-state index contributed by atoms with van der Waals surface area (Å²) in [5, 5.41) is 0. The zero-order valence-electron chi connectivity index (χ0n) is 11.2. The predicted octanol–water partition coefficient (Wildman–Crippen LogP) is 2.54. The summed E-state index contributed by atoms with van der Waals surface area (Å²) in [6.45, 7) is 4.63. The molecule has 0 bridgehead atoms. The van der Waals surface area contributed by atoms with Crippen LogP contribution in [-0.4, -0.2) is 31.3 Å². The van der Waals surface area contributed by atoms with E-state index in [0.717, 1.165) is 12.3 Å². The summed E-state index contributed by atoms with van der Waals surface area (Å²) in [7, 11) is 1.54. The molecule has 0 saturated carbocycles. The maximum atomic E-state index is 12.7. The van der Waals surface area contributed by atoms with Gasteiger partial charge in [-0.05, 0) is 19.9 Å². The first-order valence-electron chi connectivity index (χ1n) is 5.89. The van der Waals surface area contributed by atoms with Gasteiger partial charge in [0.1, 0.15) is 5.69 Å². The van der Waals surface area contributed by atoms with Crippen molar-refractivity contribution in [1.82, 2.24) is 4.98 Å². The van der Waals surface area contributed by atoms with Gasteiger partial charge in [-0.3, -0.25) is 0 Å². The Morgan fingerprint density at radius 1 is 1.47 bits per heavy atom. The maximum Gasteiger partial charge on any atom is 0.433 e. The molecule has 4 nitrogen and oxygen atoms in total. The minimum absolute atomic E-state index is 0.0826. The Labute approximate surface area is 110 Å². The molecule has 108 valence electrons. The Balaban J connectivity index is 3.16. The van der Waals surface area contributed by atoms with Gasteiger partial charge < -0.3 is 15.4 Å². The average Bonchev–Trinajstić information content (AvgIpc) is 2.31. The molecule has 1 aromatic rings. The minimum Gasteiger partial charge on any atom is -0.396 e. The molecule has 1 rings (SSSR count). The van der Waals surface area contributed by atoms with E-state index in [2.05, 4.69) is 4.98 Å². The van der Waals surface area contributed by atoms with Crippen molar-refractivity contribution in [2.45, 2.75) is 26.1 Å². The molecule has 1 unspecified atom stereocenters. The van der Waals surface area contributed by atoms with E-state index in [1.165, 1.54) is 0 Å². The molecule has 0 radical (unpaired) electrons. The Kier molecular flexibility index (Phi) is 4.99. The molecule has 0 aliphatic carbocycles. The standard InChI is InChI=1S/C12H18F3N3O/c1-4-18(8(2)7-19-3)10-5-11(12(13,14)15)17-6-9(10)16/h5-6,8H,4,7,16H2,1-3H3. The Morgan fingerprint density at radius 2 is 2.11 bits per heavy atom. The molecule has 1 aromatic heterocycles. The largest absolute Gasteiger partial charge is 0.433 e.